The van der Waals surface area contributed by atoms with Crippen molar-refractivity contribution in [1.29, 1.82) is 0 Å². The zero-order valence-corrected chi connectivity index (χ0v) is 16.2. The molecular weight excluding hydrogens is 360 g/mol. The fraction of sp³-hybridized carbons (Fsp3) is 0.588. The number of carboxylic acid groups (broad SMARTS) is 1. The molecule has 0 bridgehead atoms. The summed E-state index contributed by atoms with van der Waals surface area (Å²) in [7, 11) is 1.02. The third-order valence-electron chi connectivity index (χ3n) is 4.63. The van der Waals surface area contributed by atoms with Gasteiger partial charge in [-0.1, -0.05) is 0 Å². The molecule has 1 aromatic carbocycles. The molecule has 1 saturated heterocycles. The van der Waals surface area contributed by atoms with Crippen LogP contribution in [-0.4, -0.2) is 75.6 Å². The Morgan fingerprint density at radius 1 is 1.19 bits per heavy atom. The van der Waals surface area contributed by atoms with E-state index < -0.39 is 16.0 Å². The largest absolute Gasteiger partial charge is 0.497 e. The van der Waals surface area contributed by atoms with Gasteiger partial charge in [0, 0.05) is 37.3 Å². The zero-order valence-electron chi connectivity index (χ0n) is 15.3. The van der Waals surface area contributed by atoms with Crippen LogP contribution in [0.4, 0.5) is 0 Å². The number of aliphatic carboxylic acids is 1. The van der Waals surface area contributed by atoms with E-state index in [9.17, 15) is 13.2 Å². The van der Waals surface area contributed by atoms with E-state index in [0.29, 0.717) is 37.4 Å². The van der Waals surface area contributed by atoms with Gasteiger partial charge in [0.15, 0.2) is 0 Å². The van der Waals surface area contributed by atoms with E-state index >= 15 is 0 Å². The number of hydrogen-bond donors (Lipinski definition) is 1. The first kappa shape index (κ1) is 20.5. The first-order valence-electron chi connectivity index (χ1n) is 8.43. The van der Waals surface area contributed by atoms with Gasteiger partial charge in [-0.25, -0.2) is 8.42 Å². The summed E-state index contributed by atoms with van der Waals surface area (Å²) in [6, 6.07) is 4.64. The highest BCUT2D eigenvalue weighted by Gasteiger charge is 2.30. The van der Waals surface area contributed by atoms with E-state index in [0.717, 1.165) is 6.42 Å². The van der Waals surface area contributed by atoms with Crippen LogP contribution in [0.1, 0.15) is 19.3 Å². The van der Waals surface area contributed by atoms with E-state index in [-0.39, 0.29) is 17.5 Å². The molecule has 0 saturated carbocycles. The van der Waals surface area contributed by atoms with Crippen molar-refractivity contribution in [3.63, 3.8) is 0 Å². The lowest BCUT2D eigenvalue weighted by Crippen LogP contribution is -2.37. The van der Waals surface area contributed by atoms with E-state index in [4.69, 9.17) is 14.6 Å². The minimum absolute atomic E-state index is 0.0474. The van der Waals surface area contributed by atoms with Gasteiger partial charge in [-0.15, -0.1) is 0 Å². The Balaban J connectivity index is 2.18. The number of rotatable bonds is 7. The van der Waals surface area contributed by atoms with Crippen LogP contribution in [0.2, 0.25) is 0 Å². The van der Waals surface area contributed by atoms with Gasteiger partial charge >= 0.3 is 5.97 Å². The van der Waals surface area contributed by atoms with Gasteiger partial charge in [0.05, 0.1) is 25.7 Å². The number of carboxylic acids is 1. The fourth-order valence-electron chi connectivity index (χ4n) is 3.16. The van der Waals surface area contributed by atoms with Crippen LogP contribution >= 0.6 is 0 Å². The minimum Gasteiger partial charge on any atom is -0.497 e. The fourth-order valence-corrected chi connectivity index (χ4v) is 4.70. The second-order valence-electron chi connectivity index (χ2n) is 6.35. The van der Waals surface area contributed by atoms with Crippen molar-refractivity contribution in [2.75, 3.05) is 40.9 Å². The molecule has 1 heterocycles. The molecule has 1 aliphatic rings. The maximum Gasteiger partial charge on any atom is 0.317 e. The lowest BCUT2D eigenvalue weighted by molar-refractivity contribution is -0.138. The topological polar surface area (TPSA) is 96.4 Å². The highest BCUT2D eigenvalue weighted by molar-refractivity contribution is 7.89. The van der Waals surface area contributed by atoms with Crippen LogP contribution in [0.25, 0.3) is 0 Å². The second kappa shape index (κ2) is 8.70. The molecule has 1 unspecified atom stereocenters. The molecule has 9 heteroatoms. The molecule has 2 rings (SSSR count). The number of sulfonamides is 1. The number of nitrogens with zero attached hydrogens (tertiary/aromatic N) is 2. The first-order valence-corrected chi connectivity index (χ1v) is 9.87. The standard InChI is InChI=1S/C17H26N2O6S/c1-18(12-17(20)21)13-5-4-7-19(8-6-13)26(22,23)16-10-14(24-2)9-15(11-16)25-3/h9-11,13H,4-8,12H2,1-3H3,(H,20,21). The predicted octanol–water partition coefficient (Wildman–Crippen LogP) is 1.26. The number of methoxy groups -OCH3 is 2. The molecule has 0 aromatic heterocycles. The minimum atomic E-state index is -3.68. The third kappa shape index (κ3) is 4.87. The Morgan fingerprint density at radius 3 is 2.35 bits per heavy atom. The highest BCUT2D eigenvalue weighted by atomic mass is 32.2. The maximum absolute atomic E-state index is 13.0. The summed E-state index contributed by atoms with van der Waals surface area (Å²) in [5.41, 5.74) is 0. The molecule has 0 radical (unpaired) electrons. The number of benzene rings is 1. The summed E-state index contributed by atoms with van der Waals surface area (Å²) >= 11 is 0. The van der Waals surface area contributed by atoms with Crippen LogP contribution in [0, 0.1) is 0 Å². The molecule has 0 spiro atoms. The first-order chi connectivity index (χ1) is 12.3. The Hall–Kier alpha value is -1.84. The Kier molecular flexibility index (Phi) is 6.85. The van der Waals surface area contributed by atoms with Gasteiger partial charge in [0.1, 0.15) is 11.5 Å². The van der Waals surface area contributed by atoms with Crippen molar-refractivity contribution in [3.05, 3.63) is 18.2 Å². The van der Waals surface area contributed by atoms with Crippen molar-refractivity contribution in [2.45, 2.75) is 30.2 Å². The van der Waals surface area contributed by atoms with Gasteiger partial charge in [0.25, 0.3) is 0 Å². The number of hydrogen-bond acceptors (Lipinski definition) is 6. The average Bonchev–Trinajstić information content (AvgIpc) is 2.87. The van der Waals surface area contributed by atoms with Crippen molar-refractivity contribution in [3.8, 4) is 11.5 Å². The Bertz CT molecular complexity index is 715. The molecule has 146 valence electrons. The van der Waals surface area contributed by atoms with E-state index in [1.54, 1.807) is 18.0 Å². The molecule has 1 aliphatic heterocycles. The summed E-state index contributed by atoms with van der Waals surface area (Å²) in [5, 5.41) is 8.94. The predicted molar refractivity (Wildman–Crippen MR) is 96.2 cm³/mol. The quantitative estimate of drug-likeness (QED) is 0.754. The van der Waals surface area contributed by atoms with Crippen molar-refractivity contribution >= 4 is 16.0 Å². The van der Waals surface area contributed by atoms with Crippen molar-refractivity contribution in [2.24, 2.45) is 0 Å². The van der Waals surface area contributed by atoms with E-state index in [1.807, 2.05) is 0 Å². The van der Waals surface area contributed by atoms with Gasteiger partial charge in [-0.3, -0.25) is 9.69 Å². The Labute approximate surface area is 154 Å². The van der Waals surface area contributed by atoms with Crippen molar-refractivity contribution < 1.29 is 27.8 Å². The molecule has 1 fully saturated rings. The van der Waals surface area contributed by atoms with Crippen LogP contribution in [0.5, 0.6) is 11.5 Å². The van der Waals surface area contributed by atoms with Crippen LogP contribution < -0.4 is 9.47 Å². The molecule has 8 nitrogen and oxygen atoms in total. The monoisotopic (exact) mass is 386 g/mol. The lowest BCUT2D eigenvalue weighted by Gasteiger charge is -2.25. The number of carbonyl (C=O) groups is 1. The normalized spacial score (nSPS) is 19.2. The molecule has 1 atom stereocenters. The second-order valence-corrected chi connectivity index (χ2v) is 8.28. The van der Waals surface area contributed by atoms with E-state index in [1.165, 1.54) is 30.7 Å². The Morgan fingerprint density at radius 2 is 1.81 bits per heavy atom. The summed E-state index contributed by atoms with van der Waals surface area (Å²) < 4.78 is 37.9. The summed E-state index contributed by atoms with van der Waals surface area (Å²) in [4.78, 5) is 12.8. The van der Waals surface area contributed by atoms with Gasteiger partial charge in [-0.05, 0) is 26.3 Å². The van der Waals surface area contributed by atoms with Gasteiger partial charge in [0.2, 0.25) is 10.0 Å². The number of likely N-dealkylation sites (N-methyl/N-ethyl adjacent to an activating group) is 1. The smallest absolute Gasteiger partial charge is 0.317 e. The third-order valence-corrected chi connectivity index (χ3v) is 6.50. The maximum atomic E-state index is 13.0. The molecule has 1 N–H and O–H groups in total. The zero-order chi connectivity index (χ0) is 19.3. The van der Waals surface area contributed by atoms with Crippen molar-refractivity contribution in [1.82, 2.24) is 9.21 Å². The molecule has 26 heavy (non-hydrogen) atoms. The lowest BCUT2D eigenvalue weighted by atomic mass is 10.1. The highest BCUT2D eigenvalue weighted by Crippen LogP contribution is 2.29. The molecule has 1 aromatic rings. The summed E-state index contributed by atoms with van der Waals surface area (Å²) in [6.07, 6.45) is 2.02. The van der Waals surface area contributed by atoms with Crippen LogP contribution in [-0.2, 0) is 14.8 Å². The average molecular weight is 386 g/mol. The SMILES string of the molecule is COc1cc(OC)cc(S(=O)(=O)N2CCCC(N(C)CC(=O)O)CC2)c1. The van der Waals surface area contributed by atoms with E-state index in [2.05, 4.69) is 0 Å². The summed E-state index contributed by atoms with van der Waals surface area (Å²) in [6.45, 7) is 0.695. The van der Waals surface area contributed by atoms with Gasteiger partial charge < -0.3 is 14.6 Å². The molecular formula is C17H26N2O6S. The molecule has 0 aliphatic carbocycles. The number of ether oxygens (including phenoxy) is 2. The molecule has 0 amide bonds. The summed E-state index contributed by atoms with van der Waals surface area (Å²) in [5.74, 6) is -0.0571. The van der Waals surface area contributed by atoms with Crippen LogP contribution in [0.15, 0.2) is 23.1 Å². The van der Waals surface area contributed by atoms with Gasteiger partial charge in [-0.2, -0.15) is 4.31 Å². The van der Waals surface area contributed by atoms with Crippen LogP contribution in [0.3, 0.4) is 0 Å².